The van der Waals surface area contributed by atoms with E-state index < -0.39 is 18.0 Å². The maximum absolute atomic E-state index is 12.5. The Bertz CT molecular complexity index is 1220. The molecule has 0 radical (unpaired) electrons. The maximum Gasteiger partial charge on any atom is 0.573 e. The number of nitrogens with one attached hydrogen (secondary N) is 1. The molecule has 4 rings (SSSR count). The molecule has 2 aromatic carbocycles. The van der Waals surface area contributed by atoms with Gasteiger partial charge in [-0.15, -0.1) is 13.2 Å². The van der Waals surface area contributed by atoms with E-state index in [0.29, 0.717) is 16.7 Å². The number of nitrogens with two attached hydrogens (primary N) is 1. The summed E-state index contributed by atoms with van der Waals surface area (Å²) in [5.74, 6) is -1.12. The predicted octanol–water partition coefficient (Wildman–Crippen LogP) is 3.29. The summed E-state index contributed by atoms with van der Waals surface area (Å²) >= 11 is 0. The van der Waals surface area contributed by atoms with Gasteiger partial charge < -0.3 is 15.8 Å². The number of carbonyl (C=O) groups excluding carboxylic acids is 1. The first-order chi connectivity index (χ1) is 13.8. The Kier molecular flexibility index (Phi) is 4.45. The largest absolute Gasteiger partial charge is 0.573 e. The molecule has 7 nitrogen and oxygen atoms in total. The van der Waals surface area contributed by atoms with Crippen molar-refractivity contribution >= 4 is 28.3 Å². The first-order valence-electron chi connectivity index (χ1n) is 8.48. The van der Waals surface area contributed by atoms with Crippen LogP contribution in [-0.4, -0.2) is 26.9 Å². The average Bonchev–Trinajstić information content (AvgIpc) is 3.11. The van der Waals surface area contributed by atoms with Gasteiger partial charge in [-0.1, -0.05) is 30.3 Å². The Balaban J connectivity index is 1.58. The van der Waals surface area contributed by atoms with Crippen LogP contribution in [0.1, 0.15) is 16.1 Å². The van der Waals surface area contributed by atoms with E-state index in [1.807, 2.05) is 24.3 Å². The SMILES string of the molecule is Nc1nc2ccccc2c2cc(CNC(=O)c3ccccc3OC(F)(F)F)nn12. The molecule has 0 unspecified atom stereocenters. The van der Waals surface area contributed by atoms with Gasteiger partial charge in [-0.05, 0) is 24.3 Å². The fraction of sp³-hybridized carbons (Fsp3) is 0.105. The smallest absolute Gasteiger partial charge is 0.405 e. The molecule has 148 valence electrons. The van der Waals surface area contributed by atoms with E-state index in [4.69, 9.17) is 5.73 Å². The Morgan fingerprint density at radius 1 is 1.14 bits per heavy atom. The number of benzene rings is 2. The van der Waals surface area contributed by atoms with Crippen LogP contribution in [0.2, 0.25) is 0 Å². The number of hydrogen-bond acceptors (Lipinski definition) is 5. The summed E-state index contributed by atoms with van der Waals surface area (Å²) in [5.41, 5.74) is 7.58. The van der Waals surface area contributed by atoms with E-state index in [-0.39, 0.29) is 18.1 Å². The Morgan fingerprint density at radius 2 is 1.86 bits per heavy atom. The lowest BCUT2D eigenvalue weighted by molar-refractivity contribution is -0.274. The van der Waals surface area contributed by atoms with Gasteiger partial charge in [0.1, 0.15) is 5.75 Å². The highest BCUT2D eigenvalue weighted by Crippen LogP contribution is 2.26. The summed E-state index contributed by atoms with van der Waals surface area (Å²) in [4.78, 5) is 16.7. The lowest BCUT2D eigenvalue weighted by atomic mass is 10.2. The molecule has 29 heavy (non-hydrogen) atoms. The minimum atomic E-state index is -4.90. The zero-order valence-corrected chi connectivity index (χ0v) is 14.8. The number of aromatic nitrogens is 3. The fourth-order valence-corrected chi connectivity index (χ4v) is 2.98. The lowest BCUT2D eigenvalue weighted by Crippen LogP contribution is -2.25. The Morgan fingerprint density at radius 3 is 2.66 bits per heavy atom. The monoisotopic (exact) mass is 401 g/mol. The molecule has 4 aromatic rings. The first kappa shape index (κ1) is 18.5. The van der Waals surface area contributed by atoms with Gasteiger partial charge in [0.25, 0.3) is 5.91 Å². The highest BCUT2D eigenvalue weighted by atomic mass is 19.4. The number of rotatable bonds is 4. The van der Waals surface area contributed by atoms with Crippen LogP contribution >= 0.6 is 0 Å². The van der Waals surface area contributed by atoms with Gasteiger partial charge in [-0.25, -0.2) is 4.98 Å². The summed E-state index contributed by atoms with van der Waals surface area (Å²) in [6.07, 6.45) is -4.90. The third kappa shape index (κ3) is 3.77. The maximum atomic E-state index is 12.5. The minimum absolute atomic E-state index is 0.0192. The second-order valence-electron chi connectivity index (χ2n) is 6.15. The highest BCUT2D eigenvalue weighted by Gasteiger charge is 2.32. The topological polar surface area (TPSA) is 94.5 Å². The summed E-state index contributed by atoms with van der Waals surface area (Å²) in [6.45, 7) is -0.0192. The van der Waals surface area contributed by atoms with Gasteiger partial charge in [-0.3, -0.25) is 4.79 Å². The predicted molar refractivity (Wildman–Crippen MR) is 99.2 cm³/mol. The molecule has 0 atom stereocenters. The summed E-state index contributed by atoms with van der Waals surface area (Å²) in [6, 6.07) is 14.2. The Hall–Kier alpha value is -3.82. The molecule has 0 aliphatic rings. The van der Waals surface area contributed by atoms with E-state index in [2.05, 4.69) is 20.1 Å². The number of anilines is 1. The van der Waals surface area contributed by atoms with Gasteiger partial charge in [0, 0.05) is 5.39 Å². The number of alkyl halides is 3. The number of amides is 1. The van der Waals surface area contributed by atoms with Gasteiger partial charge in [0.05, 0.1) is 28.8 Å². The van der Waals surface area contributed by atoms with Crippen LogP contribution in [0.4, 0.5) is 19.1 Å². The third-order valence-electron chi connectivity index (χ3n) is 4.18. The average molecular weight is 401 g/mol. The summed E-state index contributed by atoms with van der Waals surface area (Å²) < 4.78 is 43.0. The zero-order chi connectivity index (χ0) is 20.6. The van der Waals surface area contributed by atoms with Crippen LogP contribution in [0.3, 0.4) is 0 Å². The van der Waals surface area contributed by atoms with Crippen molar-refractivity contribution in [2.75, 3.05) is 5.73 Å². The van der Waals surface area contributed by atoms with Crippen molar-refractivity contribution in [1.82, 2.24) is 19.9 Å². The van der Waals surface area contributed by atoms with Crippen LogP contribution in [0.5, 0.6) is 5.75 Å². The second-order valence-corrected chi connectivity index (χ2v) is 6.15. The van der Waals surface area contributed by atoms with Gasteiger partial charge in [0.15, 0.2) is 0 Å². The van der Waals surface area contributed by atoms with Crippen molar-refractivity contribution in [2.24, 2.45) is 0 Å². The van der Waals surface area contributed by atoms with Crippen molar-refractivity contribution in [1.29, 1.82) is 0 Å². The second kappa shape index (κ2) is 6.97. The standard InChI is InChI=1S/C19H14F3N5O2/c20-19(21,22)29-16-8-4-2-6-13(16)17(28)24-10-11-9-15-12-5-1-3-7-14(12)25-18(23)27(15)26-11/h1-9H,10H2,(H2,23,25)(H,24,28). The van der Waals surface area contributed by atoms with E-state index in [1.54, 1.807) is 6.07 Å². The molecule has 10 heteroatoms. The van der Waals surface area contributed by atoms with Crippen LogP contribution in [-0.2, 0) is 6.54 Å². The molecule has 0 saturated carbocycles. The zero-order valence-electron chi connectivity index (χ0n) is 14.8. The van der Waals surface area contributed by atoms with E-state index in [0.717, 1.165) is 11.5 Å². The minimum Gasteiger partial charge on any atom is -0.405 e. The van der Waals surface area contributed by atoms with Crippen molar-refractivity contribution in [3.05, 3.63) is 65.9 Å². The molecular weight excluding hydrogens is 387 g/mol. The molecule has 0 saturated heterocycles. The Labute approximate surface area is 161 Å². The molecule has 2 heterocycles. The van der Waals surface area contributed by atoms with Crippen molar-refractivity contribution in [2.45, 2.75) is 12.9 Å². The molecule has 0 aliphatic heterocycles. The van der Waals surface area contributed by atoms with E-state index in [9.17, 15) is 18.0 Å². The van der Waals surface area contributed by atoms with E-state index in [1.165, 1.54) is 22.7 Å². The van der Waals surface area contributed by atoms with Crippen molar-refractivity contribution in [3.63, 3.8) is 0 Å². The van der Waals surface area contributed by atoms with Crippen LogP contribution < -0.4 is 15.8 Å². The van der Waals surface area contributed by atoms with Gasteiger partial charge in [-0.2, -0.15) is 9.61 Å². The summed E-state index contributed by atoms with van der Waals surface area (Å²) in [5, 5.41) is 7.69. The normalized spacial score (nSPS) is 11.7. The molecular formula is C19H14F3N5O2. The molecule has 2 aromatic heterocycles. The van der Waals surface area contributed by atoms with Crippen LogP contribution in [0.15, 0.2) is 54.6 Å². The van der Waals surface area contributed by atoms with Crippen molar-refractivity contribution < 1.29 is 22.7 Å². The molecule has 0 fully saturated rings. The molecule has 1 amide bonds. The summed E-state index contributed by atoms with van der Waals surface area (Å²) in [7, 11) is 0. The molecule has 0 bridgehead atoms. The number of halogens is 3. The lowest BCUT2D eigenvalue weighted by Gasteiger charge is -2.12. The number of fused-ring (bicyclic) bond motifs is 3. The number of ether oxygens (including phenoxy) is 1. The molecule has 3 N–H and O–H groups in total. The first-order valence-corrected chi connectivity index (χ1v) is 8.48. The molecule has 0 spiro atoms. The van der Waals surface area contributed by atoms with Crippen LogP contribution in [0, 0.1) is 0 Å². The number of nitrogen functional groups attached to an aromatic ring is 1. The van der Waals surface area contributed by atoms with Gasteiger partial charge >= 0.3 is 6.36 Å². The number of hydrogen-bond donors (Lipinski definition) is 2. The third-order valence-corrected chi connectivity index (χ3v) is 4.18. The van der Waals surface area contributed by atoms with Crippen LogP contribution in [0.25, 0.3) is 16.4 Å². The van der Waals surface area contributed by atoms with Gasteiger partial charge in [0.2, 0.25) is 5.95 Å². The number of nitrogens with zero attached hydrogens (tertiary/aromatic N) is 3. The quantitative estimate of drug-likeness (QED) is 0.547. The highest BCUT2D eigenvalue weighted by molar-refractivity contribution is 5.97. The molecule has 0 aliphatic carbocycles. The number of para-hydroxylation sites is 2. The number of carbonyl (C=O) groups is 1. The van der Waals surface area contributed by atoms with Crippen molar-refractivity contribution in [3.8, 4) is 5.75 Å². The fourth-order valence-electron chi connectivity index (χ4n) is 2.98. The van der Waals surface area contributed by atoms with E-state index >= 15 is 0 Å².